The molecule has 0 radical (unpaired) electrons. The molecule has 1 aromatic rings. The maximum absolute atomic E-state index is 11.7. The maximum atomic E-state index is 11.7. The van der Waals surface area contributed by atoms with Crippen LogP contribution in [0.3, 0.4) is 0 Å². The lowest BCUT2D eigenvalue weighted by Gasteiger charge is -2.13. The Balaban J connectivity index is 3.13. The molecule has 1 rings (SSSR count). The van der Waals surface area contributed by atoms with Gasteiger partial charge in [-0.05, 0) is 24.1 Å². The third kappa shape index (κ3) is 4.38. The highest BCUT2D eigenvalue weighted by molar-refractivity contribution is 9.10. The number of benzene rings is 1. The fourth-order valence-corrected chi connectivity index (χ4v) is 1.91. The number of nitrogens with one attached hydrogen (secondary N) is 1. The molecular formula is C14H16BrNO4. The first kappa shape index (κ1) is 16.2. The van der Waals surface area contributed by atoms with Crippen LogP contribution in [0.15, 0.2) is 34.4 Å². The molecule has 1 N–H and O–H groups in total. The third-order valence-corrected chi connectivity index (χ3v) is 3.08. The van der Waals surface area contributed by atoms with Gasteiger partial charge in [0.1, 0.15) is 5.70 Å². The Kier molecular flexibility index (Phi) is 6.24. The van der Waals surface area contributed by atoms with E-state index in [9.17, 15) is 9.59 Å². The molecule has 0 fully saturated rings. The molecule has 20 heavy (non-hydrogen) atoms. The zero-order chi connectivity index (χ0) is 15.1. The Hall–Kier alpha value is -1.82. The van der Waals surface area contributed by atoms with Crippen LogP contribution in [-0.2, 0) is 25.5 Å². The van der Waals surface area contributed by atoms with Crippen molar-refractivity contribution in [3.63, 3.8) is 0 Å². The number of methoxy groups -OCH3 is 2. The van der Waals surface area contributed by atoms with Crippen LogP contribution in [0.2, 0.25) is 0 Å². The van der Waals surface area contributed by atoms with Gasteiger partial charge in [0.25, 0.3) is 0 Å². The Bertz CT molecular complexity index is 540. The van der Waals surface area contributed by atoms with E-state index in [-0.39, 0.29) is 5.70 Å². The maximum Gasteiger partial charge on any atom is 0.354 e. The molecule has 0 saturated heterocycles. The van der Waals surface area contributed by atoms with Crippen molar-refractivity contribution < 1.29 is 19.1 Å². The molecule has 0 saturated carbocycles. The van der Waals surface area contributed by atoms with E-state index < -0.39 is 11.9 Å². The summed E-state index contributed by atoms with van der Waals surface area (Å²) < 4.78 is 10.0. The van der Waals surface area contributed by atoms with Gasteiger partial charge in [-0.15, -0.1) is 0 Å². The van der Waals surface area contributed by atoms with Crippen LogP contribution in [0.5, 0.6) is 0 Å². The molecule has 0 atom stereocenters. The minimum absolute atomic E-state index is 0.0205. The van der Waals surface area contributed by atoms with Crippen LogP contribution < -0.4 is 5.32 Å². The van der Waals surface area contributed by atoms with Gasteiger partial charge in [0.05, 0.1) is 20.3 Å². The normalized spacial score (nSPS) is 10.9. The Morgan fingerprint density at radius 1 is 1.30 bits per heavy atom. The van der Waals surface area contributed by atoms with Crippen LogP contribution >= 0.6 is 15.9 Å². The summed E-state index contributed by atoms with van der Waals surface area (Å²) in [5, 5.41) is 2.91. The number of halogens is 1. The van der Waals surface area contributed by atoms with Crippen molar-refractivity contribution in [1.29, 1.82) is 0 Å². The monoisotopic (exact) mass is 341 g/mol. The first-order valence-corrected chi connectivity index (χ1v) is 6.74. The number of carbonyl (C=O) groups excluding carboxylic acids is 2. The largest absolute Gasteiger partial charge is 0.466 e. The second kappa shape index (κ2) is 7.69. The van der Waals surface area contributed by atoms with Gasteiger partial charge in [0.15, 0.2) is 0 Å². The van der Waals surface area contributed by atoms with Gasteiger partial charge < -0.3 is 14.8 Å². The lowest BCUT2D eigenvalue weighted by molar-refractivity contribution is -0.138. The van der Waals surface area contributed by atoms with E-state index in [0.29, 0.717) is 0 Å². The van der Waals surface area contributed by atoms with E-state index in [1.165, 1.54) is 14.2 Å². The summed E-state index contributed by atoms with van der Waals surface area (Å²) in [5.74, 6) is -1.27. The van der Waals surface area contributed by atoms with Crippen LogP contribution in [0.4, 0.5) is 5.69 Å². The molecule has 0 aliphatic heterocycles. The highest BCUT2D eigenvalue weighted by Gasteiger charge is 2.14. The number of carbonyl (C=O) groups is 2. The molecule has 0 bridgehead atoms. The first-order valence-electron chi connectivity index (χ1n) is 5.95. The lowest BCUT2D eigenvalue weighted by atomic mass is 10.1. The van der Waals surface area contributed by atoms with Crippen molar-refractivity contribution in [3.05, 3.63) is 40.0 Å². The van der Waals surface area contributed by atoms with Gasteiger partial charge in [-0.25, -0.2) is 9.59 Å². The van der Waals surface area contributed by atoms with Gasteiger partial charge >= 0.3 is 11.9 Å². The molecule has 0 aliphatic rings. The highest BCUT2D eigenvalue weighted by Crippen LogP contribution is 2.23. The minimum atomic E-state index is -0.641. The predicted molar refractivity (Wildman–Crippen MR) is 79.3 cm³/mol. The zero-order valence-corrected chi connectivity index (χ0v) is 13.1. The van der Waals surface area contributed by atoms with Crippen LogP contribution in [0.1, 0.15) is 12.5 Å². The van der Waals surface area contributed by atoms with Crippen molar-refractivity contribution >= 4 is 33.6 Å². The Morgan fingerprint density at radius 3 is 2.55 bits per heavy atom. The molecule has 0 aromatic heterocycles. The zero-order valence-electron chi connectivity index (χ0n) is 11.5. The van der Waals surface area contributed by atoms with Gasteiger partial charge in [0.2, 0.25) is 0 Å². The van der Waals surface area contributed by atoms with E-state index in [1.54, 1.807) is 0 Å². The Labute approximate surface area is 126 Å². The molecule has 1 aromatic carbocycles. The molecule has 0 spiro atoms. The molecule has 5 nitrogen and oxygen atoms in total. The molecule has 0 aliphatic carbocycles. The Morgan fingerprint density at radius 2 is 2.00 bits per heavy atom. The summed E-state index contributed by atoms with van der Waals surface area (Å²) >= 11 is 3.37. The smallest absolute Gasteiger partial charge is 0.354 e. The minimum Gasteiger partial charge on any atom is -0.466 e. The average Bonchev–Trinajstić information content (AvgIpc) is 2.45. The number of aryl methyl sites for hydroxylation is 1. The number of esters is 2. The van der Waals surface area contributed by atoms with Crippen molar-refractivity contribution in [1.82, 2.24) is 0 Å². The van der Waals surface area contributed by atoms with Gasteiger partial charge in [0, 0.05) is 10.2 Å². The van der Waals surface area contributed by atoms with E-state index in [0.717, 1.165) is 28.2 Å². The lowest BCUT2D eigenvalue weighted by Crippen LogP contribution is -2.16. The summed E-state index contributed by atoms with van der Waals surface area (Å²) in [6.07, 6.45) is 1.84. The number of hydrogen-bond donors (Lipinski definition) is 1. The number of anilines is 1. The number of ether oxygens (including phenoxy) is 2. The van der Waals surface area contributed by atoms with E-state index in [1.807, 2.05) is 25.1 Å². The number of hydrogen-bond acceptors (Lipinski definition) is 5. The molecule has 0 unspecified atom stereocenters. The number of rotatable bonds is 5. The predicted octanol–water partition coefficient (Wildman–Crippen LogP) is 2.65. The topological polar surface area (TPSA) is 64.6 Å². The summed E-state index contributed by atoms with van der Waals surface area (Å²) in [6.45, 7) is 2.00. The quantitative estimate of drug-likeness (QED) is 0.658. The van der Waals surface area contributed by atoms with Crippen molar-refractivity contribution in [2.24, 2.45) is 0 Å². The van der Waals surface area contributed by atoms with Crippen molar-refractivity contribution in [3.8, 4) is 0 Å². The first-order chi connectivity index (χ1) is 9.51. The second-order valence-electron chi connectivity index (χ2n) is 3.85. The molecule has 6 heteroatoms. The van der Waals surface area contributed by atoms with Crippen molar-refractivity contribution in [2.75, 3.05) is 19.5 Å². The van der Waals surface area contributed by atoms with E-state index in [2.05, 4.69) is 30.7 Å². The average molecular weight is 342 g/mol. The SMILES string of the molecule is CCc1ccc(Br)cc1N/C(=C/C(=O)OC)C(=O)OC. The van der Waals surface area contributed by atoms with Gasteiger partial charge in [-0.1, -0.05) is 28.9 Å². The fraction of sp³-hybridized carbons (Fsp3) is 0.286. The summed E-state index contributed by atoms with van der Waals surface area (Å²) in [6, 6.07) is 5.66. The van der Waals surface area contributed by atoms with Crippen LogP contribution in [-0.4, -0.2) is 26.2 Å². The van der Waals surface area contributed by atoms with Gasteiger partial charge in [-0.2, -0.15) is 0 Å². The summed E-state index contributed by atoms with van der Waals surface area (Å²) in [5.41, 5.74) is 1.75. The fourth-order valence-electron chi connectivity index (χ4n) is 1.55. The molecule has 0 heterocycles. The van der Waals surface area contributed by atoms with Crippen LogP contribution in [0.25, 0.3) is 0 Å². The van der Waals surface area contributed by atoms with Gasteiger partial charge in [-0.3, -0.25) is 0 Å². The van der Waals surface area contributed by atoms with Crippen molar-refractivity contribution in [2.45, 2.75) is 13.3 Å². The molecule has 108 valence electrons. The van der Waals surface area contributed by atoms with Crippen LogP contribution in [0, 0.1) is 0 Å². The second-order valence-corrected chi connectivity index (χ2v) is 4.77. The highest BCUT2D eigenvalue weighted by atomic mass is 79.9. The third-order valence-electron chi connectivity index (χ3n) is 2.59. The molecular weight excluding hydrogens is 326 g/mol. The van der Waals surface area contributed by atoms with E-state index in [4.69, 9.17) is 0 Å². The standard InChI is InChI=1S/C14H16BrNO4/c1-4-9-5-6-10(15)7-11(9)16-12(14(18)20-3)8-13(17)19-2/h5-8,16H,4H2,1-3H3/b12-8+. The molecule has 0 amide bonds. The summed E-state index contributed by atoms with van der Waals surface area (Å²) in [7, 11) is 2.49. The van der Waals surface area contributed by atoms with E-state index >= 15 is 0 Å². The summed E-state index contributed by atoms with van der Waals surface area (Å²) in [4.78, 5) is 23.0.